The second kappa shape index (κ2) is 9.05. The van der Waals surface area contributed by atoms with E-state index in [0.717, 1.165) is 0 Å². The third-order valence-electron chi connectivity index (χ3n) is 7.31. The van der Waals surface area contributed by atoms with Gasteiger partial charge >= 0.3 is 6.30 Å². The maximum absolute atomic E-state index is 14.1. The normalized spacial score (nSPS) is 18.0. The molecule has 210 valence electrons. The van der Waals surface area contributed by atoms with Crippen LogP contribution in [0.2, 0.25) is 0 Å². The van der Waals surface area contributed by atoms with Crippen molar-refractivity contribution in [1.29, 1.82) is 5.26 Å². The number of nitriles is 1. The number of aromatic nitrogens is 4. The number of hydrazone groups is 1. The minimum Gasteiger partial charge on any atom is -0.480 e. The van der Waals surface area contributed by atoms with Gasteiger partial charge in [0.25, 0.3) is 0 Å². The van der Waals surface area contributed by atoms with Gasteiger partial charge in [-0.25, -0.2) is 14.8 Å². The first-order valence-corrected chi connectivity index (χ1v) is 12.3. The summed E-state index contributed by atoms with van der Waals surface area (Å²) in [5, 5.41) is 21.1. The van der Waals surface area contributed by atoms with Crippen molar-refractivity contribution in [2.45, 2.75) is 31.7 Å². The van der Waals surface area contributed by atoms with Gasteiger partial charge in [0.05, 0.1) is 41.1 Å². The first-order valence-electron chi connectivity index (χ1n) is 13.8. The van der Waals surface area contributed by atoms with Crippen LogP contribution in [-0.4, -0.2) is 63.4 Å². The van der Waals surface area contributed by atoms with Crippen molar-refractivity contribution in [1.82, 2.24) is 25.2 Å². The van der Waals surface area contributed by atoms with Gasteiger partial charge in [0.2, 0.25) is 0 Å². The molecule has 0 aromatic carbocycles. The summed E-state index contributed by atoms with van der Waals surface area (Å²) in [4.78, 5) is 20.7. The molecule has 5 heterocycles. The number of hydrogen-bond donors (Lipinski definition) is 3. The highest BCUT2D eigenvalue weighted by molar-refractivity contribution is 6.12. The van der Waals surface area contributed by atoms with Crippen LogP contribution in [0.1, 0.15) is 39.3 Å². The van der Waals surface area contributed by atoms with Crippen LogP contribution in [0.5, 0.6) is 5.75 Å². The third kappa shape index (κ3) is 3.99. The Balaban J connectivity index is 1.61. The summed E-state index contributed by atoms with van der Waals surface area (Å²) >= 11 is 0. The molecule has 0 unspecified atom stereocenters. The molecule has 1 spiro atoms. The van der Waals surface area contributed by atoms with E-state index < -0.39 is 31.2 Å². The van der Waals surface area contributed by atoms with Crippen molar-refractivity contribution in [2.75, 3.05) is 30.3 Å². The smallest absolute Gasteiger partial charge is 0.480 e. The molecule has 12 nitrogen and oxygen atoms in total. The van der Waals surface area contributed by atoms with Gasteiger partial charge in [0.15, 0.2) is 23.2 Å². The van der Waals surface area contributed by atoms with Gasteiger partial charge in [-0.3, -0.25) is 15.0 Å². The molecule has 1 fully saturated rings. The van der Waals surface area contributed by atoms with E-state index in [1.807, 2.05) is 6.07 Å². The summed E-state index contributed by atoms with van der Waals surface area (Å²) in [5.74, 6) is 0.699. The summed E-state index contributed by atoms with van der Waals surface area (Å²) in [6.07, 6.45) is -2.57. The maximum atomic E-state index is 14.1. The molecule has 0 atom stereocenters. The number of hydrogen-bond acceptors (Lipinski definition) is 11. The Hall–Kier alpha value is -4.93. The highest BCUT2D eigenvalue weighted by atomic mass is 19.4. The molecule has 3 aliphatic rings. The van der Waals surface area contributed by atoms with Crippen LogP contribution in [0.15, 0.2) is 17.4 Å². The van der Waals surface area contributed by atoms with Gasteiger partial charge in [0, 0.05) is 41.4 Å². The summed E-state index contributed by atoms with van der Waals surface area (Å²) < 4.78 is 73.1. The third-order valence-corrected chi connectivity index (χ3v) is 7.31. The summed E-state index contributed by atoms with van der Waals surface area (Å²) in [7, 11) is 1.56. The van der Waals surface area contributed by atoms with Crippen LogP contribution in [0.3, 0.4) is 0 Å². The molecule has 0 bridgehead atoms. The lowest BCUT2D eigenvalue weighted by molar-refractivity contribution is -0.136. The van der Waals surface area contributed by atoms with E-state index in [4.69, 9.17) is 14.6 Å². The molecule has 0 radical (unpaired) electrons. The fourth-order valence-corrected chi connectivity index (χ4v) is 5.21. The number of alkyl halides is 3. The standard InChI is InChI=1S/C26H23F3N10O2/c1-12-19(14(7-30)22-24(34-12)39(26(27,28)29)11-25(41-22)4-5-25)21-15(9-33-38(21)3)16-6-13-17(8-31)36-37-18(10-40)20(13)23(32-2)35-16/h6,9,37H,4-5,8,11,31H2,1-3H3,(H,32,35)/i2D3. The quantitative estimate of drug-likeness (QED) is 0.316. The minimum atomic E-state index is -4.76. The average molecular weight is 568 g/mol. The number of anilines is 2. The predicted molar refractivity (Wildman–Crippen MR) is 142 cm³/mol. The molecule has 6 rings (SSSR count). The second-order valence-corrected chi connectivity index (χ2v) is 9.84. The number of fused-ring (bicyclic) bond motifs is 2. The molecule has 1 aliphatic carbocycles. The van der Waals surface area contributed by atoms with Crippen molar-refractivity contribution < 1.29 is 26.8 Å². The largest absolute Gasteiger partial charge is 0.486 e. The van der Waals surface area contributed by atoms with Crippen LogP contribution in [0, 0.1) is 18.3 Å². The number of nitrogens with zero attached hydrogens (tertiary/aromatic N) is 7. The zero-order valence-corrected chi connectivity index (χ0v) is 21.6. The second-order valence-electron chi connectivity index (χ2n) is 9.84. The highest BCUT2D eigenvalue weighted by Crippen LogP contribution is 2.53. The van der Waals surface area contributed by atoms with Gasteiger partial charge in [0.1, 0.15) is 23.1 Å². The number of rotatable bonds is 4. The first-order chi connectivity index (χ1) is 20.7. The van der Waals surface area contributed by atoms with E-state index in [9.17, 15) is 23.2 Å². The number of carbonyl (C=O) groups excluding carboxylic acids is 1. The summed E-state index contributed by atoms with van der Waals surface area (Å²) in [5.41, 5.74) is 8.57. The van der Waals surface area contributed by atoms with Crippen molar-refractivity contribution in [3.05, 3.63) is 34.6 Å². The Kier molecular flexibility index (Phi) is 5.04. The van der Waals surface area contributed by atoms with E-state index in [-0.39, 0.29) is 79.3 Å². The van der Waals surface area contributed by atoms with E-state index in [1.54, 1.807) is 13.0 Å². The van der Waals surface area contributed by atoms with E-state index in [2.05, 4.69) is 30.9 Å². The Bertz CT molecular complexity index is 1850. The van der Waals surface area contributed by atoms with Crippen LogP contribution in [0.4, 0.5) is 24.8 Å². The topological polar surface area (TPSA) is 159 Å². The number of nitrogens with one attached hydrogen (secondary N) is 2. The summed E-state index contributed by atoms with van der Waals surface area (Å²) in [6, 6.07) is 3.55. The minimum absolute atomic E-state index is 0.0838. The number of halogens is 3. The van der Waals surface area contributed by atoms with Gasteiger partial charge in [-0.05, 0) is 25.8 Å². The molecule has 0 amide bonds. The Labute approximate surface area is 235 Å². The number of aryl methyl sites for hydroxylation is 2. The van der Waals surface area contributed by atoms with E-state index in [0.29, 0.717) is 12.8 Å². The van der Waals surface area contributed by atoms with E-state index in [1.165, 1.54) is 23.9 Å². The van der Waals surface area contributed by atoms with Crippen LogP contribution in [-0.2, 0) is 11.8 Å². The first kappa shape index (κ1) is 22.8. The van der Waals surface area contributed by atoms with Gasteiger partial charge in [-0.1, -0.05) is 0 Å². The highest BCUT2D eigenvalue weighted by Gasteiger charge is 2.57. The van der Waals surface area contributed by atoms with Gasteiger partial charge in [-0.15, -0.1) is 0 Å². The molecule has 0 saturated heterocycles. The Morgan fingerprint density at radius 2 is 2.10 bits per heavy atom. The zero-order chi connectivity index (χ0) is 31.8. The fraction of sp³-hybridized carbons (Fsp3) is 0.346. The number of nitrogens with two attached hydrogens (primary N) is 1. The molecular weight excluding hydrogens is 541 g/mol. The monoisotopic (exact) mass is 567 g/mol. The Morgan fingerprint density at radius 3 is 2.73 bits per heavy atom. The Morgan fingerprint density at radius 1 is 1.32 bits per heavy atom. The molecule has 1 saturated carbocycles. The van der Waals surface area contributed by atoms with Crippen molar-refractivity contribution in [3.8, 4) is 34.3 Å². The lowest BCUT2D eigenvalue weighted by Gasteiger charge is -2.37. The van der Waals surface area contributed by atoms with Crippen molar-refractivity contribution in [2.24, 2.45) is 17.9 Å². The lowest BCUT2D eigenvalue weighted by Crippen LogP contribution is -2.49. The zero-order valence-electron chi connectivity index (χ0n) is 24.6. The molecule has 41 heavy (non-hydrogen) atoms. The number of pyridine rings is 2. The van der Waals surface area contributed by atoms with E-state index >= 15 is 0 Å². The molecule has 2 aliphatic heterocycles. The summed E-state index contributed by atoms with van der Waals surface area (Å²) in [6.45, 7) is -1.79. The van der Waals surface area contributed by atoms with Crippen molar-refractivity contribution >= 4 is 29.0 Å². The predicted octanol–water partition coefficient (Wildman–Crippen LogP) is 2.46. The van der Waals surface area contributed by atoms with Crippen molar-refractivity contribution in [3.63, 3.8) is 0 Å². The number of ether oxygens (including phenoxy) is 1. The molecule has 3 aromatic heterocycles. The molecular formula is C26H23F3N10O2. The molecule has 4 N–H and O–H groups in total. The average Bonchev–Trinajstić information content (AvgIpc) is 3.59. The van der Waals surface area contributed by atoms with Crippen LogP contribution < -0.4 is 26.1 Å². The fourth-order valence-electron chi connectivity index (χ4n) is 5.21. The van der Waals surface area contributed by atoms with Crippen LogP contribution in [0.25, 0.3) is 28.2 Å². The molecule has 3 aromatic rings. The maximum Gasteiger partial charge on any atom is 0.486 e. The SMILES string of the molecule is [2H]C([2H])([2H])Nc1nc(-c2cnn(C)c2-c2c(C)nc3c(c2C#N)OC2(CC2)CN3C(F)(F)F)cc2c1C(=C=O)NN=C2CN. The lowest BCUT2D eigenvalue weighted by atomic mass is 9.94. The van der Waals surface area contributed by atoms with Crippen LogP contribution >= 0.6 is 0 Å². The molecule has 15 heteroatoms. The van der Waals surface area contributed by atoms with Gasteiger partial charge in [-0.2, -0.15) is 28.6 Å². The van der Waals surface area contributed by atoms with Gasteiger partial charge < -0.3 is 15.8 Å².